The molecule has 11 heteroatoms. The lowest BCUT2D eigenvalue weighted by atomic mass is 10.1. The van der Waals surface area contributed by atoms with Crippen molar-refractivity contribution in [2.45, 2.75) is 0 Å². The fourth-order valence-electron chi connectivity index (χ4n) is 2.62. The number of urea groups is 1. The highest BCUT2D eigenvalue weighted by molar-refractivity contribution is 9.11. The molecule has 30 heavy (non-hydrogen) atoms. The van der Waals surface area contributed by atoms with Crippen LogP contribution in [0.25, 0.3) is 6.08 Å². The molecule has 0 atom stereocenters. The van der Waals surface area contributed by atoms with Crippen molar-refractivity contribution < 1.29 is 28.3 Å². The zero-order chi connectivity index (χ0) is 22.0. The Balaban J connectivity index is 2.06. The summed E-state index contributed by atoms with van der Waals surface area (Å²) in [5.74, 6) is -2.93. The second kappa shape index (κ2) is 8.76. The molecular weight excluding hydrogens is 529 g/mol. The molecule has 0 saturated carbocycles. The highest BCUT2D eigenvalue weighted by atomic mass is 79.9. The summed E-state index contributed by atoms with van der Waals surface area (Å²) in [4.78, 5) is 49.3. The van der Waals surface area contributed by atoms with Gasteiger partial charge in [-0.1, -0.05) is 15.9 Å². The summed E-state index contributed by atoms with van der Waals surface area (Å²) in [5.41, 5.74) is 5.10. The van der Waals surface area contributed by atoms with Crippen LogP contribution in [0.2, 0.25) is 0 Å². The molecule has 8 nitrogen and oxygen atoms in total. The Morgan fingerprint density at radius 1 is 1.17 bits per heavy atom. The van der Waals surface area contributed by atoms with Crippen molar-refractivity contribution in [3.8, 4) is 5.75 Å². The van der Waals surface area contributed by atoms with Crippen LogP contribution in [-0.4, -0.2) is 30.4 Å². The lowest BCUT2D eigenvalue weighted by Crippen LogP contribution is -2.54. The van der Waals surface area contributed by atoms with Crippen molar-refractivity contribution in [1.29, 1.82) is 0 Å². The number of imide groups is 2. The van der Waals surface area contributed by atoms with Gasteiger partial charge in [0.2, 0.25) is 0 Å². The summed E-state index contributed by atoms with van der Waals surface area (Å²) in [5, 5.41) is 2.07. The number of barbiturate groups is 1. The summed E-state index contributed by atoms with van der Waals surface area (Å²) in [6, 6.07) is 6.85. The smallest absolute Gasteiger partial charge is 0.335 e. The average Bonchev–Trinajstić information content (AvgIpc) is 2.65. The van der Waals surface area contributed by atoms with E-state index in [2.05, 4.69) is 37.2 Å². The summed E-state index contributed by atoms with van der Waals surface area (Å²) >= 11 is 6.58. The molecule has 2 aromatic rings. The molecule has 0 aromatic heterocycles. The largest absolute Gasteiger partial charge is 0.482 e. The first kappa shape index (κ1) is 21.7. The van der Waals surface area contributed by atoms with Gasteiger partial charge in [0.1, 0.15) is 17.1 Å². The molecule has 5 amide bonds. The SMILES string of the molecule is NC(=O)COc1c(Br)cc(Br)cc1/C=C1\C(=O)NC(=O)N(c2ccc(F)cc2)C1=O. The molecule has 1 fully saturated rings. The highest BCUT2D eigenvalue weighted by Gasteiger charge is 2.37. The quantitative estimate of drug-likeness (QED) is 0.446. The molecule has 0 radical (unpaired) electrons. The number of primary amides is 1. The predicted octanol–water partition coefficient (Wildman–Crippen LogP) is 2.88. The second-order valence-corrected chi connectivity index (χ2v) is 7.77. The van der Waals surface area contributed by atoms with Crippen LogP contribution in [0.5, 0.6) is 5.75 Å². The Morgan fingerprint density at radius 3 is 2.47 bits per heavy atom. The molecular formula is C19H12Br2FN3O5. The maximum atomic E-state index is 13.2. The molecule has 1 aliphatic rings. The number of rotatable bonds is 5. The first-order valence-electron chi connectivity index (χ1n) is 8.24. The number of carbonyl (C=O) groups excluding carboxylic acids is 4. The van der Waals surface area contributed by atoms with Gasteiger partial charge in [-0.15, -0.1) is 0 Å². The minimum atomic E-state index is -0.964. The van der Waals surface area contributed by atoms with E-state index >= 15 is 0 Å². The zero-order valence-electron chi connectivity index (χ0n) is 14.9. The van der Waals surface area contributed by atoms with Crippen LogP contribution in [0.15, 0.2) is 50.9 Å². The number of halogens is 3. The number of ether oxygens (including phenoxy) is 1. The van der Waals surface area contributed by atoms with Gasteiger partial charge in [0.05, 0.1) is 10.2 Å². The Kier molecular flexibility index (Phi) is 6.32. The molecule has 0 unspecified atom stereocenters. The summed E-state index contributed by atoms with van der Waals surface area (Å²) in [6.45, 7) is -0.434. The first-order valence-corrected chi connectivity index (χ1v) is 9.83. The monoisotopic (exact) mass is 539 g/mol. The van der Waals surface area contributed by atoms with E-state index in [1.54, 1.807) is 12.1 Å². The normalized spacial score (nSPS) is 15.4. The molecule has 1 saturated heterocycles. The Bertz CT molecular complexity index is 1100. The van der Waals surface area contributed by atoms with Crippen molar-refractivity contribution in [3.05, 3.63) is 62.3 Å². The van der Waals surface area contributed by atoms with Crippen LogP contribution >= 0.6 is 31.9 Å². The Hall–Kier alpha value is -3.05. The van der Waals surface area contributed by atoms with E-state index in [1.165, 1.54) is 18.2 Å². The van der Waals surface area contributed by atoms with Gasteiger partial charge in [-0.05, 0) is 58.4 Å². The van der Waals surface area contributed by atoms with Crippen LogP contribution < -0.4 is 20.7 Å². The van der Waals surface area contributed by atoms with Crippen molar-refractivity contribution in [2.24, 2.45) is 5.73 Å². The number of anilines is 1. The van der Waals surface area contributed by atoms with Crippen LogP contribution in [0, 0.1) is 5.82 Å². The predicted molar refractivity (Wildman–Crippen MR) is 112 cm³/mol. The molecule has 2 aromatic carbocycles. The standard InChI is InChI=1S/C19H12Br2FN3O5/c20-10-5-9(16(14(21)7-10)30-8-15(23)26)6-13-17(27)24-19(29)25(18(13)28)12-3-1-11(22)2-4-12/h1-7H,8H2,(H2,23,26)(H,24,27,29)/b13-6+. The number of hydrogen-bond acceptors (Lipinski definition) is 5. The lowest BCUT2D eigenvalue weighted by Gasteiger charge is -2.26. The molecule has 3 rings (SSSR count). The zero-order valence-corrected chi connectivity index (χ0v) is 18.1. The van der Waals surface area contributed by atoms with E-state index in [0.29, 0.717) is 13.8 Å². The topological polar surface area (TPSA) is 119 Å². The number of nitrogens with zero attached hydrogens (tertiary/aromatic N) is 1. The third kappa shape index (κ3) is 4.57. The molecule has 0 spiro atoms. The van der Waals surface area contributed by atoms with Gasteiger partial charge >= 0.3 is 6.03 Å². The van der Waals surface area contributed by atoms with Crippen LogP contribution in [0.1, 0.15) is 5.56 Å². The van der Waals surface area contributed by atoms with Crippen LogP contribution in [0.3, 0.4) is 0 Å². The van der Waals surface area contributed by atoms with Crippen molar-refractivity contribution in [3.63, 3.8) is 0 Å². The molecule has 1 heterocycles. The van der Waals surface area contributed by atoms with E-state index in [9.17, 15) is 23.6 Å². The van der Waals surface area contributed by atoms with E-state index < -0.39 is 36.2 Å². The van der Waals surface area contributed by atoms with Crippen LogP contribution in [-0.2, 0) is 14.4 Å². The molecule has 3 N–H and O–H groups in total. The average molecular weight is 541 g/mol. The van der Waals surface area contributed by atoms with E-state index in [4.69, 9.17) is 10.5 Å². The first-order chi connectivity index (χ1) is 14.2. The van der Waals surface area contributed by atoms with E-state index in [0.717, 1.165) is 12.1 Å². The van der Waals surface area contributed by atoms with Gasteiger partial charge < -0.3 is 10.5 Å². The fourth-order valence-corrected chi connectivity index (χ4v) is 3.99. The van der Waals surface area contributed by atoms with Crippen molar-refractivity contribution in [2.75, 3.05) is 11.5 Å². The fraction of sp³-hybridized carbons (Fsp3) is 0.0526. The molecule has 1 aliphatic heterocycles. The number of nitrogens with two attached hydrogens (primary N) is 1. The lowest BCUT2D eigenvalue weighted by molar-refractivity contribution is -0.123. The van der Waals surface area contributed by atoms with E-state index in [-0.39, 0.29) is 22.6 Å². The summed E-state index contributed by atoms with van der Waals surface area (Å²) in [6.07, 6.45) is 1.21. The minimum Gasteiger partial charge on any atom is -0.482 e. The number of hydrogen-bond donors (Lipinski definition) is 2. The van der Waals surface area contributed by atoms with Crippen LogP contribution in [0.4, 0.5) is 14.9 Å². The summed E-state index contributed by atoms with van der Waals surface area (Å²) in [7, 11) is 0. The molecule has 154 valence electrons. The van der Waals surface area contributed by atoms with Gasteiger partial charge in [0, 0.05) is 10.0 Å². The van der Waals surface area contributed by atoms with Gasteiger partial charge in [-0.3, -0.25) is 19.7 Å². The highest BCUT2D eigenvalue weighted by Crippen LogP contribution is 2.35. The third-order valence-electron chi connectivity index (χ3n) is 3.88. The number of carbonyl (C=O) groups is 4. The number of benzene rings is 2. The van der Waals surface area contributed by atoms with Crippen molar-refractivity contribution in [1.82, 2.24) is 5.32 Å². The maximum Gasteiger partial charge on any atom is 0.335 e. The van der Waals surface area contributed by atoms with Gasteiger partial charge in [0.25, 0.3) is 17.7 Å². The number of amides is 5. The van der Waals surface area contributed by atoms with E-state index in [1.807, 2.05) is 0 Å². The van der Waals surface area contributed by atoms with Gasteiger partial charge in [0.15, 0.2) is 6.61 Å². The number of nitrogens with one attached hydrogen (secondary N) is 1. The summed E-state index contributed by atoms with van der Waals surface area (Å²) < 4.78 is 19.6. The minimum absolute atomic E-state index is 0.0814. The third-order valence-corrected chi connectivity index (χ3v) is 4.93. The maximum absolute atomic E-state index is 13.2. The van der Waals surface area contributed by atoms with Gasteiger partial charge in [-0.2, -0.15) is 0 Å². The molecule has 0 aliphatic carbocycles. The Labute approximate surface area is 186 Å². The van der Waals surface area contributed by atoms with Crippen molar-refractivity contribution >= 4 is 67.4 Å². The molecule has 0 bridgehead atoms. The van der Waals surface area contributed by atoms with Gasteiger partial charge in [-0.25, -0.2) is 14.1 Å². The Morgan fingerprint density at radius 2 is 1.83 bits per heavy atom. The second-order valence-electron chi connectivity index (χ2n) is 6.00.